The summed E-state index contributed by atoms with van der Waals surface area (Å²) in [5.41, 5.74) is 2.15. The number of hydrogen-bond acceptors (Lipinski definition) is 6. The maximum atomic E-state index is 13.1. The molecule has 0 fully saturated rings. The Morgan fingerprint density at radius 2 is 1.87 bits per heavy atom. The SMILES string of the molecule is CCn1c(SCc2csc(-c3ccccc3)n2)nnc1C(C)Oc1ccc(F)cc1. The molecule has 0 bridgehead atoms. The molecule has 2 heterocycles. The van der Waals surface area contributed by atoms with E-state index in [1.165, 1.54) is 12.1 Å². The Kier molecular flexibility index (Phi) is 6.44. The molecule has 0 aliphatic rings. The van der Waals surface area contributed by atoms with E-state index < -0.39 is 0 Å². The van der Waals surface area contributed by atoms with Gasteiger partial charge < -0.3 is 9.30 Å². The lowest BCUT2D eigenvalue weighted by molar-refractivity contribution is 0.209. The highest BCUT2D eigenvalue weighted by molar-refractivity contribution is 7.98. The second-order valence-electron chi connectivity index (χ2n) is 6.60. The molecule has 5 nitrogen and oxygen atoms in total. The number of rotatable bonds is 8. The molecular formula is C22H21FN4OS2. The molecule has 4 aromatic rings. The maximum Gasteiger partial charge on any atom is 0.191 e. The van der Waals surface area contributed by atoms with Crippen molar-refractivity contribution in [3.8, 4) is 16.3 Å². The first-order valence-corrected chi connectivity index (χ1v) is 11.5. The third-order valence-electron chi connectivity index (χ3n) is 4.47. The number of benzene rings is 2. The molecule has 0 saturated heterocycles. The number of thiazole rings is 1. The standard InChI is InChI=1S/C22H21FN4OS2/c1-3-27-20(15(2)28-19-11-9-17(23)10-12-19)25-26-22(27)30-14-18-13-29-21(24-18)16-7-5-4-6-8-16/h4-13,15H,3,14H2,1-2H3. The summed E-state index contributed by atoms with van der Waals surface area (Å²) in [6.07, 6.45) is -0.304. The molecule has 8 heteroatoms. The monoisotopic (exact) mass is 440 g/mol. The summed E-state index contributed by atoms with van der Waals surface area (Å²) in [6.45, 7) is 4.70. The number of halogens is 1. The van der Waals surface area contributed by atoms with Gasteiger partial charge in [-0.2, -0.15) is 0 Å². The largest absolute Gasteiger partial charge is 0.483 e. The molecule has 30 heavy (non-hydrogen) atoms. The van der Waals surface area contributed by atoms with Crippen LogP contribution in [-0.4, -0.2) is 19.7 Å². The smallest absolute Gasteiger partial charge is 0.191 e. The van der Waals surface area contributed by atoms with Crippen molar-refractivity contribution in [3.63, 3.8) is 0 Å². The molecule has 0 spiro atoms. The molecular weight excluding hydrogens is 419 g/mol. The Balaban J connectivity index is 1.43. The van der Waals surface area contributed by atoms with E-state index in [0.29, 0.717) is 11.5 Å². The molecule has 2 aromatic carbocycles. The first-order chi connectivity index (χ1) is 14.6. The summed E-state index contributed by atoms with van der Waals surface area (Å²) in [7, 11) is 0. The fraction of sp³-hybridized carbons (Fsp3) is 0.227. The average Bonchev–Trinajstić information content (AvgIpc) is 3.41. The van der Waals surface area contributed by atoms with Gasteiger partial charge in [-0.05, 0) is 38.1 Å². The number of aromatic nitrogens is 4. The van der Waals surface area contributed by atoms with Crippen LogP contribution in [0.5, 0.6) is 5.75 Å². The molecule has 0 radical (unpaired) electrons. The van der Waals surface area contributed by atoms with Crippen LogP contribution in [0.15, 0.2) is 65.1 Å². The van der Waals surface area contributed by atoms with Gasteiger partial charge in [0, 0.05) is 23.2 Å². The summed E-state index contributed by atoms with van der Waals surface area (Å²) in [4.78, 5) is 4.74. The minimum absolute atomic E-state index is 0.289. The van der Waals surface area contributed by atoms with E-state index in [9.17, 15) is 4.39 Å². The normalized spacial score (nSPS) is 12.1. The first-order valence-electron chi connectivity index (χ1n) is 9.62. The van der Waals surface area contributed by atoms with E-state index in [-0.39, 0.29) is 11.9 Å². The number of hydrogen-bond donors (Lipinski definition) is 0. The molecule has 0 saturated carbocycles. The fourth-order valence-corrected chi connectivity index (χ4v) is 4.83. The van der Waals surface area contributed by atoms with Crippen molar-refractivity contribution in [1.29, 1.82) is 0 Å². The zero-order valence-corrected chi connectivity index (χ0v) is 18.3. The highest BCUT2D eigenvalue weighted by Crippen LogP contribution is 2.29. The summed E-state index contributed by atoms with van der Waals surface area (Å²) in [5, 5.41) is 12.6. The van der Waals surface area contributed by atoms with Crippen LogP contribution in [0.1, 0.15) is 31.5 Å². The van der Waals surface area contributed by atoms with E-state index in [0.717, 1.165) is 33.8 Å². The lowest BCUT2D eigenvalue weighted by Gasteiger charge is -2.15. The van der Waals surface area contributed by atoms with E-state index >= 15 is 0 Å². The summed E-state index contributed by atoms with van der Waals surface area (Å²) < 4.78 is 21.1. The molecule has 154 valence electrons. The van der Waals surface area contributed by atoms with Crippen LogP contribution < -0.4 is 4.74 Å². The minimum atomic E-state index is -0.304. The summed E-state index contributed by atoms with van der Waals surface area (Å²) in [5.74, 6) is 1.77. The molecule has 0 aliphatic carbocycles. The molecule has 0 N–H and O–H groups in total. The van der Waals surface area contributed by atoms with E-state index in [1.54, 1.807) is 35.2 Å². The Labute approximate surface area is 183 Å². The van der Waals surface area contributed by atoms with Gasteiger partial charge in [-0.3, -0.25) is 0 Å². The fourth-order valence-electron chi connectivity index (χ4n) is 3.00. The zero-order chi connectivity index (χ0) is 20.9. The quantitative estimate of drug-likeness (QED) is 0.315. The topological polar surface area (TPSA) is 52.8 Å². The molecule has 4 rings (SSSR count). The second kappa shape index (κ2) is 9.40. The van der Waals surface area contributed by atoms with Gasteiger partial charge in [0.15, 0.2) is 17.1 Å². The number of thioether (sulfide) groups is 1. The Morgan fingerprint density at radius 1 is 1.10 bits per heavy atom. The van der Waals surface area contributed by atoms with E-state index in [4.69, 9.17) is 9.72 Å². The lowest BCUT2D eigenvalue weighted by atomic mass is 10.2. The average molecular weight is 441 g/mol. The van der Waals surface area contributed by atoms with Crippen LogP contribution in [0, 0.1) is 5.82 Å². The number of nitrogens with zero attached hydrogens (tertiary/aromatic N) is 4. The first kappa shape index (κ1) is 20.6. The van der Waals surface area contributed by atoms with E-state index in [1.807, 2.05) is 29.7 Å². The van der Waals surface area contributed by atoms with Crippen LogP contribution in [0.2, 0.25) is 0 Å². The van der Waals surface area contributed by atoms with Gasteiger partial charge in [0.05, 0.1) is 5.69 Å². The predicted molar refractivity (Wildman–Crippen MR) is 118 cm³/mol. The molecule has 2 aromatic heterocycles. The van der Waals surface area contributed by atoms with Gasteiger partial charge in [-0.15, -0.1) is 21.5 Å². The van der Waals surface area contributed by atoms with Crippen molar-refractivity contribution in [2.45, 2.75) is 37.4 Å². The van der Waals surface area contributed by atoms with Gasteiger partial charge in [-0.25, -0.2) is 9.37 Å². The van der Waals surface area contributed by atoms with Gasteiger partial charge in [0.25, 0.3) is 0 Å². The zero-order valence-electron chi connectivity index (χ0n) is 16.7. The number of ether oxygens (including phenoxy) is 1. The van der Waals surface area contributed by atoms with Crippen LogP contribution in [-0.2, 0) is 12.3 Å². The van der Waals surface area contributed by atoms with Crippen molar-refractivity contribution >= 4 is 23.1 Å². The van der Waals surface area contributed by atoms with Crippen molar-refractivity contribution < 1.29 is 9.13 Å². The van der Waals surface area contributed by atoms with Gasteiger partial charge in [0.1, 0.15) is 16.6 Å². The van der Waals surface area contributed by atoms with Crippen LogP contribution in [0.3, 0.4) is 0 Å². The predicted octanol–water partition coefficient (Wildman–Crippen LogP) is 5.99. The summed E-state index contributed by atoms with van der Waals surface area (Å²) in [6, 6.07) is 16.2. The van der Waals surface area contributed by atoms with Crippen LogP contribution >= 0.6 is 23.1 Å². The minimum Gasteiger partial charge on any atom is -0.483 e. The van der Waals surface area contributed by atoms with E-state index in [2.05, 4.69) is 34.6 Å². The molecule has 0 aliphatic heterocycles. The van der Waals surface area contributed by atoms with Crippen molar-refractivity contribution in [2.24, 2.45) is 0 Å². The van der Waals surface area contributed by atoms with Crippen molar-refractivity contribution in [3.05, 3.63) is 77.3 Å². The van der Waals surface area contributed by atoms with Crippen LogP contribution in [0.4, 0.5) is 4.39 Å². The Morgan fingerprint density at radius 3 is 2.60 bits per heavy atom. The highest BCUT2D eigenvalue weighted by Gasteiger charge is 2.19. The third-order valence-corrected chi connectivity index (χ3v) is 6.41. The molecule has 1 unspecified atom stereocenters. The third kappa shape index (κ3) is 4.71. The van der Waals surface area contributed by atoms with Gasteiger partial charge in [-0.1, -0.05) is 42.1 Å². The lowest BCUT2D eigenvalue weighted by Crippen LogP contribution is -2.12. The second-order valence-corrected chi connectivity index (χ2v) is 8.40. The van der Waals surface area contributed by atoms with Gasteiger partial charge >= 0.3 is 0 Å². The highest BCUT2D eigenvalue weighted by atomic mass is 32.2. The molecule has 1 atom stereocenters. The Hall–Kier alpha value is -2.71. The Bertz CT molecular complexity index is 1100. The molecule has 0 amide bonds. The van der Waals surface area contributed by atoms with Gasteiger partial charge in [0.2, 0.25) is 0 Å². The van der Waals surface area contributed by atoms with Crippen molar-refractivity contribution in [2.75, 3.05) is 0 Å². The maximum absolute atomic E-state index is 13.1. The summed E-state index contributed by atoms with van der Waals surface area (Å²) >= 11 is 3.25. The van der Waals surface area contributed by atoms with Crippen LogP contribution in [0.25, 0.3) is 10.6 Å². The van der Waals surface area contributed by atoms with Crippen molar-refractivity contribution in [1.82, 2.24) is 19.7 Å².